The Labute approximate surface area is 89.3 Å². The Morgan fingerprint density at radius 1 is 1.20 bits per heavy atom. The molecule has 15 heavy (non-hydrogen) atoms. The van der Waals surface area contributed by atoms with E-state index in [4.69, 9.17) is 4.74 Å². The maximum Gasteiger partial charge on any atom is 0.319 e. The van der Waals surface area contributed by atoms with Crippen molar-refractivity contribution in [2.45, 2.75) is 6.42 Å². The molecule has 0 rings (SSSR count). The molecule has 0 saturated heterocycles. The van der Waals surface area contributed by atoms with E-state index in [-0.39, 0.29) is 25.0 Å². The van der Waals surface area contributed by atoms with Gasteiger partial charge < -0.3 is 14.8 Å². The Kier molecular flexibility index (Phi) is 8.70. The van der Waals surface area contributed by atoms with E-state index in [0.717, 1.165) is 6.42 Å². The van der Waals surface area contributed by atoms with Gasteiger partial charge in [0.1, 0.15) is 0 Å². The number of rotatable bonds is 8. The van der Waals surface area contributed by atoms with Crippen LogP contribution in [0.3, 0.4) is 0 Å². The van der Waals surface area contributed by atoms with E-state index in [0.29, 0.717) is 13.2 Å². The molecule has 0 aromatic heterocycles. The Balaban J connectivity index is 3.29. The number of nitrogens with one attached hydrogen (secondary N) is 2. The average Bonchev–Trinajstić information content (AvgIpc) is 2.24. The first kappa shape index (κ1) is 13.9. The van der Waals surface area contributed by atoms with Crippen LogP contribution in [0.25, 0.3) is 0 Å². The second-order valence-electron chi connectivity index (χ2n) is 2.88. The molecule has 0 unspecified atom stereocenters. The second-order valence-corrected chi connectivity index (χ2v) is 2.88. The summed E-state index contributed by atoms with van der Waals surface area (Å²) in [6, 6.07) is 0. The number of ether oxygens (including phenoxy) is 2. The molecule has 0 radical (unpaired) electrons. The van der Waals surface area contributed by atoms with Crippen LogP contribution in [-0.4, -0.2) is 52.3 Å². The molecule has 6 nitrogen and oxygen atoms in total. The van der Waals surface area contributed by atoms with Crippen LogP contribution in [0, 0.1) is 0 Å². The summed E-state index contributed by atoms with van der Waals surface area (Å²) in [6.07, 6.45) is 0.777. The first-order valence-corrected chi connectivity index (χ1v) is 4.74. The third-order valence-electron chi connectivity index (χ3n) is 1.63. The zero-order valence-electron chi connectivity index (χ0n) is 9.17. The largest absolute Gasteiger partial charge is 0.468 e. The van der Waals surface area contributed by atoms with Gasteiger partial charge in [-0.2, -0.15) is 0 Å². The van der Waals surface area contributed by atoms with E-state index in [1.54, 1.807) is 7.11 Å². The number of carbonyl (C=O) groups is 2. The van der Waals surface area contributed by atoms with Gasteiger partial charge in [0.25, 0.3) is 0 Å². The lowest BCUT2D eigenvalue weighted by atomic mass is 10.4. The molecule has 0 aromatic carbocycles. The lowest BCUT2D eigenvalue weighted by molar-refractivity contribution is -0.139. The number of methoxy groups -OCH3 is 2. The molecule has 0 spiro atoms. The smallest absolute Gasteiger partial charge is 0.319 e. The summed E-state index contributed by atoms with van der Waals surface area (Å²) in [5, 5.41) is 5.33. The van der Waals surface area contributed by atoms with Crippen LogP contribution in [-0.2, 0) is 19.1 Å². The zero-order valence-corrected chi connectivity index (χ0v) is 9.17. The Morgan fingerprint density at radius 2 is 1.93 bits per heavy atom. The van der Waals surface area contributed by atoms with Gasteiger partial charge in [0, 0.05) is 20.3 Å². The second kappa shape index (κ2) is 9.42. The summed E-state index contributed by atoms with van der Waals surface area (Å²) in [4.78, 5) is 21.8. The summed E-state index contributed by atoms with van der Waals surface area (Å²) in [7, 11) is 2.91. The highest BCUT2D eigenvalue weighted by Gasteiger charge is 2.02. The van der Waals surface area contributed by atoms with E-state index in [1.165, 1.54) is 7.11 Å². The van der Waals surface area contributed by atoms with Crippen LogP contribution in [0.4, 0.5) is 0 Å². The molecule has 0 atom stereocenters. The van der Waals surface area contributed by atoms with E-state index in [1.807, 2.05) is 0 Å². The molecule has 2 N–H and O–H groups in total. The van der Waals surface area contributed by atoms with Crippen molar-refractivity contribution >= 4 is 11.9 Å². The van der Waals surface area contributed by atoms with Crippen molar-refractivity contribution in [1.82, 2.24) is 10.6 Å². The van der Waals surface area contributed by atoms with Gasteiger partial charge in [0.2, 0.25) is 5.91 Å². The molecule has 0 saturated carbocycles. The summed E-state index contributed by atoms with van der Waals surface area (Å²) in [6.45, 7) is 1.35. The van der Waals surface area contributed by atoms with Crippen molar-refractivity contribution in [3.05, 3.63) is 0 Å². The van der Waals surface area contributed by atoms with Crippen LogP contribution in [0.2, 0.25) is 0 Å². The fourth-order valence-corrected chi connectivity index (χ4v) is 0.857. The van der Waals surface area contributed by atoms with Crippen LogP contribution < -0.4 is 10.6 Å². The highest BCUT2D eigenvalue weighted by molar-refractivity contribution is 5.79. The predicted molar refractivity (Wildman–Crippen MR) is 54.4 cm³/mol. The van der Waals surface area contributed by atoms with Gasteiger partial charge in [-0.25, -0.2) is 0 Å². The number of amides is 1. The lowest BCUT2D eigenvalue weighted by Crippen LogP contribution is -2.37. The highest BCUT2D eigenvalue weighted by Crippen LogP contribution is 1.77. The molecule has 88 valence electrons. The van der Waals surface area contributed by atoms with Crippen LogP contribution in [0.5, 0.6) is 0 Å². The molecule has 0 aliphatic rings. The number of carbonyl (C=O) groups excluding carboxylic acids is 2. The minimum atomic E-state index is -0.387. The molecule has 1 amide bonds. The minimum Gasteiger partial charge on any atom is -0.468 e. The first-order chi connectivity index (χ1) is 7.20. The van der Waals surface area contributed by atoms with E-state index in [2.05, 4.69) is 15.4 Å². The number of hydrogen-bond donors (Lipinski definition) is 2. The van der Waals surface area contributed by atoms with Gasteiger partial charge in [0.15, 0.2) is 0 Å². The first-order valence-electron chi connectivity index (χ1n) is 4.74. The summed E-state index contributed by atoms with van der Waals surface area (Å²) < 4.78 is 9.22. The summed E-state index contributed by atoms with van der Waals surface area (Å²) in [5.74, 6) is -0.530. The predicted octanol–water partition coefficient (Wildman–Crippen LogP) is -1.10. The topological polar surface area (TPSA) is 76.7 Å². The Bertz CT molecular complexity index is 197. The van der Waals surface area contributed by atoms with Gasteiger partial charge >= 0.3 is 5.97 Å². The van der Waals surface area contributed by atoms with Crippen LogP contribution in [0.15, 0.2) is 0 Å². The average molecular weight is 218 g/mol. The van der Waals surface area contributed by atoms with Crippen molar-refractivity contribution < 1.29 is 19.1 Å². The normalized spacial score (nSPS) is 9.73. The SMILES string of the molecule is COCCCNC(=O)CNCC(=O)OC. The molecule has 0 aliphatic carbocycles. The molecule has 0 fully saturated rings. The maximum absolute atomic E-state index is 11.1. The minimum absolute atomic E-state index is 0.0436. The van der Waals surface area contributed by atoms with E-state index >= 15 is 0 Å². The fraction of sp³-hybridized carbons (Fsp3) is 0.778. The van der Waals surface area contributed by atoms with Gasteiger partial charge in [-0.3, -0.25) is 14.9 Å². The van der Waals surface area contributed by atoms with Crippen molar-refractivity contribution in [2.75, 3.05) is 40.5 Å². The summed E-state index contributed by atoms with van der Waals surface area (Å²) >= 11 is 0. The van der Waals surface area contributed by atoms with Crippen molar-refractivity contribution in [2.24, 2.45) is 0 Å². The van der Waals surface area contributed by atoms with Gasteiger partial charge in [-0.05, 0) is 6.42 Å². The molecule has 6 heteroatoms. The van der Waals surface area contributed by atoms with Gasteiger partial charge in [-0.15, -0.1) is 0 Å². The Morgan fingerprint density at radius 3 is 2.53 bits per heavy atom. The zero-order chi connectivity index (χ0) is 11.5. The third-order valence-corrected chi connectivity index (χ3v) is 1.63. The molecule has 0 bridgehead atoms. The molecule has 0 aromatic rings. The number of hydrogen-bond acceptors (Lipinski definition) is 5. The fourth-order valence-electron chi connectivity index (χ4n) is 0.857. The van der Waals surface area contributed by atoms with Crippen molar-refractivity contribution in [3.63, 3.8) is 0 Å². The molecule has 0 heterocycles. The monoisotopic (exact) mass is 218 g/mol. The summed E-state index contributed by atoms with van der Waals surface area (Å²) in [5.41, 5.74) is 0. The number of esters is 1. The van der Waals surface area contributed by atoms with E-state index < -0.39 is 0 Å². The molecular weight excluding hydrogens is 200 g/mol. The van der Waals surface area contributed by atoms with Crippen LogP contribution >= 0.6 is 0 Å². The quantitative estimate of drug-likeness (QED) is 0.399. The Hall–Kier alpha value is -1.14. The third kappa shape index (κ3) is 9.17. The van der Waals surface area contributed by atoms with Crippen molar-refractivity contribution in [1.29, 1.82) is 0 Å². The van der Waals surface area contributed by atoms with E-state index in [9.17, 15) is 9.59 Å². The maximum atomic E-state index is 11.1. The standard InChI is InChI=1S/C9H18N2O4/c1-14-5-3-4-11-8(12)6-10-7-9(13)15-2/h10H,3-7H2,1-2H3,(H,11,12). The van der Waals surface area contributed by atoms with Crippen molar-refractivity contribution in [3.8, 4) is 0 Å². The molecule has 0 aliphatic heterocycles. The van der Waals surface area contributed by atoms with Crippen LogP contribution in [0.1, 0.15) is 6.42 Å². The molecular formula is C9H18N2O4. The van der Waals surface area contributed by atoms with Gasteiger partial charge in [-0.1, -0.05) is 0 Å². The lowest BCUT2D eigenvalue weighted by Gasteiger charge is -2.05. The highest BCUT2D eigenvalue weighted by atomic mass is 16.5. The van der Waals surface area contributed by atoms with Gasteiger partial charge in [0.05, 0.1) is 20.2 Å².